The van der Waals surface area contributed by atoms with Crippen molar-refractivity contribution in [2.24, 2.45) is 0 Å². The second kappa shape index (κ2) is 8.35. The number of hydrogen-bond acceptors (Lipinski definition) is 4. The molecular weight excluding hydrogens is 340 g/mol. The normalized spacial score (nSPS) is 11.2. The summed E-state index contributed by atoms with van der Waals surface area (Å²) in [4.78, 5) is 25.2. The van der Waals surface area contributed by atoms with Crippen molar-refractivity contribution in [1.29, 1.82) is 0 Å². The minimum atomic E-state index is -0.600. The van der Waals surface area contributed by atoms with Crippen LogP contribution < -0.4 is 15.6 Å². The van der Waals surface area contributed by atoms with Crippen LogP contribution in [-0.4, -0.2) is 24.3 Å². The molecule has 2 rings (SSSR count). The Morgan fingerprint density at radius 3 is 2.26 bits per heavy atom. The van der Waals surface area contributed by atoms with Gasteiger partial charge in [-0.15, -0.1) is 0 Å². The zero-order chi connectivity index (χ0) is 20.2. The maximum atomic E-state index is 12.6. The van der Waals surface area contributed by atoms with Gasteiger partial charge in [0.15, 0.2) is 5.78 Å². The molecule has 0 aliphatic carbocycles. The fourth-order valence-corrected chi connectivity index (χ4v) is 3.06. The van der Waals surface area contributed by atoms with Crippen LogP contribution in [0.3, 0.4) is 0 Å². The van der Waals surface area contributed by atoms with Gasteiger partial charge in [0.1, 0.15) is 5.75 Å². The molecule has 2 aromatic rings. The zero-order valence-electron chi connectivity index (χ0n) is 16.9. The fourth-order valence-electron chi connectivity index (χ4n) is 3.06. The number of ether oxygens (including phenoxy) is 1. The molecule has 0 aromatic heterocycles. The number of aryl methyl sites for hydroxylation is 2. The smallest absolute Gasteiger partial charge is 0.265 e. The van der Waals surface area contributed by atoms with E-state index in [0.717, 1.165) is 16.7 Å². The number of benzene rings is 2. The number of hydrazine groups is 1. The van der Waals surface area contributed by atoms with E-state index in [-0.39, 0.29) is 18.1 Å². The Hall–Kier alpha value is -2.66. The predicted molar refractivity (Wildman–Crippen MR) is 107 cm³/mol. The van der Waals surface area contributed by atoms with Crippen LogP contribution in [0.1, 0.15) is 57.7 Å². The van der Waals surface area contributed by atoms with Crippen LogP contribution in [0.2, 0.25) is 0 Å². The second-order valence-electron chi connectivity index (χ2n) is 7.57. The van der Waals surface area contributed by atoms with Gasteiger partial charge in [0.05, 0.1) is 7.11 Å². The summed E-state index contributed by atoms with van der Waals surface area (Å²) in [5.41, 5.74) is 9.21. The van der Waals surface area contributed by atoms with Crippen molar-refractivity contribution < 1.29 is 14.3 Å². The van der Waals surface area contributed by atoms with Gasteiger partial charge < -0.3 is 4.74 Å². The molecule has 0 radical (unpaired) electrons. The van der Waals surface area contributed by atoms with Crippen LogP contribution in [0.5, 0.6) is 5.75 Å². The number of hydrogen-bond donors (Lipinski definition) is 2. The Morgan fingerprint density at radius 1 is 1.04 bits per heavy atom. The topological polar surface area (TPSA) is 67.4 Å². The van der Waals surface area contributed by atoms with E-state index in [0.29, 0.717) is 16.9 Å². The Labute approximate surface area is 161 Å². The Kier molecular flexibility index (Phi) is 6.39. The third-order valence-electron chi connectivity index (χ3n) is 4.41. The Bertz CT molecular complexity index is 836. The van der Waals surface area contributed by atoms with E-state index < -0.39 is 5.54 Å². The van der Waals surface area contributed by atoms with Crippen molar-refractivity contribution >= 4 is 11.7 Å². The molecular formula is C22H28N2O3. The number of methoxy groups -OCH3 is 1. The van der Waals surface area contributed by atoms with Gasteiger partial charge in [-0.1, -0.05) is 23.3 Å². The first-order chi connectivity index (χ1) is 12.6. The van der Waals surface area contributed by atoms with Gasteiger partial charge in [0.25, 0.3) is 5.91 Å². The summed E-state index contributed by atoms with van der Waals surface area (Å²) in [6, 6.07) is 11.1. The third kappa shape index (κ3) is 5.41. The van der Waals surface area contributed by atoms with E-state index >= 15 is 0 Å². The highest BCUT2D eigenvalue weighted by atomic mass is 16.5. The molecule has 1 amide bonds. The van der Waals surface area contributed by atoms with Crippen LogP contribution in [0.15, 0.2) is 36.4 Å². The number of rotatable bonds is 7. The van der Waals surface area contributed by atoms with E-state index in [1.165, 1.54) is 0 Å². The maximum Gasteiger partial charge on any atom is 0.265 e. The predicted octanol–water partition coefficient (Wildman–Crippen LogP) is 3.91. The van der Waals surface area contributed by atoms with Crippen molar-refractivity contribution in [1.82, 2.24) is 10.9 Å². The highest BCUT2D eigenvalue weighted by Crippen LogP contribution is 2.21. The molecule has 0 aliphatic heterocycles. The molecule has 2 aromatic carbocycles. The molecule has 0 spiro atoms. The lowest BCUT2D eigenvalue weighted by atomic mass is 9.93. The quantitative estimate of drug-likeness (QED) is 0.574. The summed E-state index contributed by atoms with van der Waals surface area (Å²) < 4.78 is 5.26. The molecule has 27 heavy (non-hydrogen) atoms. The van der Waals surface area contributed by atoms with Crippen molar-refractivity contribution in [2.75, 3.05) is 7.11 Å². The standard InChI is InChI=1S/C22H28N2O3/c1-14-10-15(2)12-17(11-14)19(25)13-22(4,5)24-23-21(26)18-8-7-9-20(27-6)16(18)3/h7-12,24H,13H2,1-6H3,(H,23,26). The lowest BCUT2D eigenvalue weighted by Crippen LogP contribution is -2.51. The highest BCUT2D eigenvalue weighted by molar-refractivity contribution is 5.97. The first-order valence-corrected chi connectivity index (χ1v) is 8.95. The molecule has 0 unspecified atom stereocenters. The molecule has 0 aliphatic rings. The van der Waals surface area contributed by atoms with Crippen molar-refractivity contribution in [3.63, 3.8) is 0 Å². The van der Waals surface area contributed by atoms with Gasteiger partial charge >= 0.3 is 0 Å². The molecule has 144 valence electrons. The molecule has 5 nitrogen and oxygen atoms in total. The monoisotopic (exact) mass is 368 g/mol. The Morgan fingerprint density at radius 2 is 1.67 bits per heavy atom. The van der Waals surface area contributed by atoms with Gasteiger partial charge in [0, 0.05) is 28.7 Å². The maximum absolute atomic E-state index is 12.6. The van der Waals surface area contributed by atoms with Gasteiger partial charge in [-0.25, -0.2) is 5.43 Å². The SMILES string of the molecule is COc1cccc(C(=O)NNC(C)(C)CC(=O)c2cc(C)cc(C)c2)c1C. The van der Waals surface area contributed by atoms with Crippen LogP contribution in [0.25, 0.3) is 0 Å². The van der Waals surface area contributed by atoms with E-state index in [1.54, 1.807) is 19.2 Å². The molecule has 0 saturated carbocycles. The number of ketones is 1. The van der Waals surface area contributed by atoms with Crippen molar-refractivity contribution in [3.05, 3.63) is 64.2 Å². The van der Waals surface area contributed by atoms with E-state index in [4.69, 9.17) is 4.74 Å². The molecule has 0 heterocycles. The summed E-state index contributed by atoms with van der Waals surface area (Å²) in [5.74, 6) is 0.427. The fraction of sp³-hybridized carbons (Fsp3) is 0.364. The number of Topliss-reactive ketones (excluding diaryl/α,β-unsaturated/α-hetero) is 1. The molecule has 2 N–H and O–H groups in total. The van der Waals surface area contributed by atoms with Crippen LogP contribution >= 0.6 is 0 Å². The van der Waals surface area contributed by atoms with Crippen LogP contribution in [0, 0.1) is 20.8 Å². The summed E-state index contributed by atoms with van der Waals surface area (Å²) in [6.45, 7) is 9.55. The van der Waals surface area contributed by atoms with Crippen molar-refractivity contribution in [2.45, 2.75) is 46.6 Å². The number of carbonyl (C=O) groups excluding carboxylic acids is 2. The van der Waals surface area contributed by atoms with Gasteiger partial charge in [-0.3, -0.25) is 15.0 Å². The molecule has 0 saturated heterocycles. The minimum Gasteiger partial charge on any atom is -0.496 e. The second-order valence-corrected chi connectivity index (χ2v) is 7.57. The lowest BCUT2D eigenvalue weighted by molar-refractivity contribution is 0.0870. The summed E-state index contributed by atoms with van der Waals surface area (Å²) in [6.07, 6.45) is 0.257. The van der Waals surface area contributed by atoms with Crippen LogP contribution in [-0.2, 0) is 0 Å². The average Bonchev–Trinajstić information content (AvgIpc) is 2.58. The van der Waals surface area contributed by atoms with E-state index in [1.807, 2.05) is 58.9 Å². The number of amides is 1. The zero-order valence-corrected chi connectivity index (χ0v) is 16.9. The Balaban J connectivity index is 2.03. The molecule has 5 heteroatoms. The highest BCUT2D eigenvalue weighted by Gasteiger charge is 2.24. The summed E-state index contributed by atoms with van der Waals surface area (Å²) >= 11 is 0. The lowest BCUT2D eigenvalue weighted by Gasteiger charge is -2.26. The molecule has 0 bridgehead atoms. The number of carbonyl (C=O) groups is 2. The van der Waals surface area contributed by atoms with Gasteiger partial charge in [-0.05, 0) is 58.9 Å². The first-order valence-electron chi connectivity index (χ1n) is 8.95. The molecule has 0 fully saturated rings. The largest absolute Gasteiger partial charge is 0.496 e. The minimum absolute atomic E-state index is 0.0334. The van der Waals surface area contributed by atoms with Gasteiger partial charge in [-0.2, -0.15) is 0 Å². The first kappa shape index (κ1) is 20.6. The van der Waals surface area contributed by atoms with E-state index in [2.05, 4.69) is 10.9 Å². The average molecular weight is 368 g/mol. The van der Waals surface area contributed by atoms with E-state index in [9.17, 15) is 9.59 Å². The number of nitrogens with one attached hydrogen (secondary N) is 2. The summed E-state index contributed by atoms with van der Waals surface area (Å²) in [5, 5.41) is 0. The molecule has 0 atom stereocenters. The van der Waals surface area contributed by atoms with Crippen molar-refractivity contribution in [3.8, 4) is 5.75 Å². The third-order valence-corrected chi connectivity index (χ3v) is 4.41. The summed E-state index contributed by atoms with van der Waals surface area (Å²) in [7, 11) is 1.57. The van der Waals surface area contributed by atoms with Crippen LogP contribution in [0.4, 0.5) is 0 Å². The van der Waals surface area contributed by atoms with Gasteiger partial charge in [0.2, 0.25) is 0 Å².